The average molecular weight is 397 g/mol. The molecule has 0 radical (unpaired) electrons. The van der Waals surface area contributed by atoms with Crippen LogP contribution in [0.1, 0.15) is 103 Å². The molecule has 0 fully saturated rings. The van der Waals surface area contributed by atoms with Gasteiger partial charge in [0.25, 0.3) is 0 Å². The van der Waals surface area contributed by atoms with Gasteiger partial charge in [-0.1, -0.05) is 95.7 Å². The largest absolute Gasteiger partial charge is 0.325 e. The zero-order valence-electron chi connectivity index (χ0n) is 15.1. The summed E-state index contributed by atoms with van der Waals surface area (Å²) in [5.74, 6) is 0. The van der Waals surface area contributed by atoms with Crippen molar-refractivity contribution in [3.63, 3.8) is 0 Å². The second-order valence-electron chi connectivity index (χ2n) is 6.84. The van der Waals surface area contributed by atoms with Gasteiger partial charge in [-0.3, -0.25) is 4.57 Å². The summed E-state index contributed by atoms with van der Waals surface area (Å²) in [4.78, 5) is 17.5. The van der Waals surface area contributed by atoms with Crippen molar-refractivity contribution in [1.29, 1.82) is 0 Å². The van der Waals surface area contributed by atoms with Crippen molar-refractivity contribution in [2.75, 3.05) is 6.16 Å². The van der Waals surface area contributed by atoms with E-state index in [1.54, 1.807) is 0 Å². The van der Waals surface area contributed by atoms with Gasteiger partial charge in [0, 0.05) is 10.4 Å². The van der Waals surface area contributed by atoms with Crippen molar-refractivity contribution >= 4 is 36.6 Å². The molecule has 0 aromatic carbocycles. The van der Waals surface area contributed by atoms with Crippen LogP contribution >= 0.6 is 32.4 Å². The molecule has 2 N–H and O–H groups in total. The van der Waals surface area contributed by atoms with E-state index in [-0.39, 0.29) is 6.16 Å². The third kappa shape index (κ3) is 22.6. The zero-order chi connectivity index (χ0) is 18.1. The van der Waals surface area contributed by atoms with Gasteiger partial charge in [-0.2, -0.15) is 0 Å². The Bertz CT molecular complexity index is 345. The number of rotatable bonds is 18. The van der Waals surface area contributed by atoms with Gasteiger partial charge in [0.1, 0.15) is 0 Å². The topological polar surface area (TPSA) is 57.5 Å². The fraction of sp³-hybridized carbons (Fsp3) is 0.944. The lowest BCUT2D eigenvalue weighted by Crippen LogP contribution is -1.88. The first-order valence-electron chi connectivity index (χ1n) is 9.68. The van der Waals surface area contributed by atoms with E-state index in [1.165, 1.54) is 77.0 Å². The van der Waals surface area contributed by atoms with E-state index in [0.717, 1.165) is 23.5 Å². The summed E-state index contributed by atoms with van der Waals surface area (Å²) in [6, 6.07) is 0. The van der Waals surface area contributed by atoms with E-state index in [4.69, 9.17) is 22.0 Å². The molecule has 0 saturated heterocycles. The Morgan fingerprint density at radius 1 is 0.667 bits per heavy atom. The van der Waals surface area contributed by atoms with Crippen molar-refractivity contribution in [3.05, 3.63) is 0 Å². The molecule has 0 rings (SSSR count). The van der Waals surface area contributed by atoms with Gasteiger partial charge < -0.3 is 9.79 Å². The summed E-state index contributed by atoms with van der Waals surface area (Å²) in [6.45, 7) is 0. The Morgan fingerprint density at radius 2 is 0.958 bits per heavy atom. The van der Waals surface area contributed by atoms with Gasteiger partial charge in [-0.15, -0.1) is 12.6 Å². The van der Waals surface area contributed by atoms with Crippen LogP contribution in [-0.4, -0.2) is 20.1 Å². The van der Waals surface area contributed by atoms with E-state index in [0.29, 0.717) is 6.42 Å². The standard InChI is InChI=1S/C18H37O3PS2/c19-22(20,21)17-15-13-11-9-7-5-3-1-2-4-6-8-10-12-14-16-18(23)24/h1-17H2,(H,23,24)(H2,19,20,21). The van der Waals surface area contributed by atoms with Crippen molar-refractivity contribution in [1.82, 2.24) is 0 Å². The SMILES string of the molecule is O=P(O)(O)CCCCCCCCCCCCCCCCCC(=S)S. The van der Waals surface area contributed by atoms with Crippen molar-refractivity contribution in [2.45, 2.75) is 103 Å². The van der Waals surface area contributed by atoms with Crippen LogP contribution in [0.15, 0.2) is 0 Å². The van der Waals surface area contributed by atoms with Gasteiger partial charge in [-0.05, 0) is 19.3 Å². The Balaban J connectivity index is 3.05. The maximum atomic E-state index is 10.7. The molecule has 0 aliphatic rings. The monoisotopic (exact) mass is 396 g/mol. The highest BCUT2D eigenvalue weighted by molar-refractivity contribution is 8.11. The lowest BCUT2D eigenvalue weighted by molar-refractivity contribution is 0.370. The van der Waals surface area contributed by atoms with Crippen molar-refractivity contribution in [3.8, 4) is 0 Å². The molecule has 0 heterocycles. The lowest BCUT2D eigenvalue weighted by Gasteiger charge is -2.04. The number of hydrogen-bond acceptors (Lipinski definition) is 2. The van der Waals surface area contributed by atoms with Crippen LogP contribution in [0.2, 0.25) is 0 Å². The lowest BCUT2D eigenvalue weighted by atomic mass is 10.0. The minimum atomic E-state index is -3.77. The molecule has 0 amide bonds. The second kappa shape index (κ2) is 17.0. The molecular weight excluding hydrogens is 359 g/mol. The predicted molar refractivity (Wildman–Crippen MR) is 112 cm³/mol. The van der Waals surface area contributed by atoms with Crippen LogP contribution < -0.4 is 0 Å². The maximum absolute atomic E-state index is 10.7. The van der Waals surface area contributed by atoms with Crippen LogP contribution in [0.3, 0.4) is 0 Å². The van der Waals surface area contributed by atoms with Crippen LogP contribution in [0.25, 0.3) is 0 Å². The molecule has 3 nitrogen and oxygen atoms in total. The fourth-order valence-corrected chi connectivity index (χ4v) is 3.83. The molecule has 24 heavy (non-hydrogen) atoms. The van der Waals surface area contributed by atoms with Crippen LogP contribution in [0.4, 0.5) is 0 Å². The van der Waals surface area contributed by atoms with Gasteiger partial charge in [0.15, 0.2) is 0 Å². The fourth-order valence-electron chi connectivity index (χ4n) is 2.89. The average Bonchev–Trinajstić information content (AvgIpc) is 2.49. The summed E-state index contributed by atoms with van der Waals surface area (Å²) >= 11 is 9.09. The van der Waals surface area contributed by atoms with E-state index in [1.807, 2.05) is 0 Å². The molecular formula is C18H37O3PS2. The molecule has 0 aliphatic heterocycles. The molecule has 0 aromatic heterocycles. The van der Waals surface area contributed by atoms with Gasteiger partial charge in [0.2, 0.25) is 0 Å². The quantitative estimate of drug-likeness (QED) is 0.105. The summed E-state index contributed by atoms with van der Waals surface area (Å²) in [5, 5.41) is 0. The number of hydrogen-bond donors (Lipinski definition) is 3. The molecule has 6 heteroatoms. The molecule has 144 valence electrons. The number of thiocarbonyl (C=S) groups is 1. The van der Waals surface area contributed by atoms with Crippen LogP contribution in [0.5, 0.6) is 0 Å². The zero-order valence-corrected chi connectivity index (χ0v) is 17.7. The Hall–Kier alpha value is 0.590. The smallest absolute Gasteiger partial charge is 0.324 e. The summed E-state index contributed by atoms with van der Waals surface area (Å²) in [6.07, 6.45) is 19.5. The van der Waals surface area contributed by atoms with E-state index in [2.05, 4.69) is 12.6 Å². The minimum Gasteiger partial charge on any atom is -0.324 e. The molecule has 0 unspecified atom stereocenters. The predicted octanol–water partition coefficient (Wildman–Crippen LogP) is 6.66. The summed E-state index contributed by atoms with van der Waals surface area (Å²) in [5.41, 5.74) is 0. The highest BCUT2D eigenvalue weighted by Crippen LogP contribution is 2.35. The van der Waals surface area contributed by atoms with E-state index >= 15 is 0 Å². The highest BCUT2D eigenvalue weighted by Gasteiger charge is 2.10. The molecule has 0 aliphatic carbocycles. The van der Waals surface area contributed by atoms with Gasteiger partial charge in [-0.25, -0.2) is 0 Å². The molecule has 0 saturated carbocycles. The summed E-state index contributed by atoms with van der Waals surface area (Å²) < 4.78 is 11.5. The first-order chi connectivity index (χ1) is 11.4. The van der Waals surface area contributed by atoms with E-state index in [9.17, 15) is 4.57 Å². The molecule has 0 bridgehead atoms. The third-order valence-electron chi connectivity index (χ3n) is 4.34. The number of thiol groups is 1. The third-order valence-corrected chi connectivity index (χ3v) is 5.67. The Labute approximate surface area is 160 Å². The van der Waals surface area contributed by atoms with Gasteiger partial charge in [0.05, 0.1) is 0 Å². The summed E-state index contributed by atoms with van der Waals surface area (Å²) in [7, 11) is -3.77. The first-order valence-corrected chi connectivity index (χ1v) is 12.3. The van der Waals surface area contributed by atoms with Gasteiger partial charge >= 0.3 is 7.60 Å². The normalized spacial score (nSPS) is 11.8. The second-order valence-corrected chi connectivity index (χ2v) is 9.95. The van der Waals surface area contributed by atoms with Crippen LogP contribution in [-0.2, 0) is 4.57 Å². The molecule has 0 atom stereocenters. The Kier molecular flexibility index (Phi) is 17.4. The van der Waals surface area contributed by atoms with Crippen LogP contribution in [0, 0.1) is 0 Å². The molecule has 0 spiro atoms. The highest BCUT2D eigenvalue weighted by atomic mass is 32.1. The minimum absolute atomic E-state index is 0.0512. The maximum Gasteiger partial charge on any atom is 0.325 e. The van der Waals surface area contributed by atoms with Crippen molar-refractivity contribution in [2.24, 2.45) is 0 Å². The van der Waals surface area contributed by atoms with E-state index < -0.39 is 7.60 Å². The number of unbranched alkanes of at least 4 members (excludes halogenated alkanes) is 14. The first kappa shape index (κ1) is 24.6. The molecule has 0 aromatic rings. The Morgan fingerprint density at radius 3 is 1.25 bits per heavy atom. The van der Waals surface area contributed by atoms with Crippen molar-refractivity contribution < 1.29 is 14.4 Å².